The van der Waals surface area contributed by atoms with Gasteiger partial charge in [0.2, 0.25) is 11.8 Å². The lowest BCUT2D eigenvalue weighted by Gasteiger charge is -2.37. The van der Waals surface area contributed by atoms with E-state index in [1.54, 1.807) is 13.0 Å². The average molecular weight is 410 g/mol. The molecule has 8 nitrogen and oxygen atoms in total. The van der Waals surface area contributed by atoms with Crippen LogP contribution in [0, 0.1) is 17.0 Å². The Labute approximate surface area is 175 Å². The lowest BCUT2D eigenvalue weighted by molar-refractivity contribution is -0.384. The Morgan fingerprint density at radius 3 is 2.47 bits per heavy atom. The molecule has 1 unspecified atom stereocenters. The van der Waals surface area contributed by atoms with E-state index in [0.29, 0.717) is 38.3 Å². The number of amides is 2. The second-order valence-electron chi connectivity index (χ2n) is 7.49. The molecule has 1 aliphatic rings. The minimum atomic E-state index is -0.494. The molecule has 0 spiro atoms. The highest BCUT2D eigenvalue weighted by atomic mass is 16.6. The monoisotopic (exact) mass is 410 g/mol. The highest BCUT2D eigenvalue weighted by Gasteiger charge is 2.27. The number of benzene rings is 2. The van der Waals surface area contributed by atoms with E-state index >= 15 is 0 Å². The van der Waals surface area contributed by atoms with Crippen molar-refractivity contribution in [1.29, 1.82) is 0 Å². The Morgan fingerprint density at radius 2 is 1.80 bits per heavy atom. The van der Waals surface area contributed by atoms with E-state index in [4.69, 9.17) is 0 Å². The standard InChI is InChI=1S/C22H26N4O4/c1-16-6-3-4-7-18(16)14-21(27)25-12-10-24(11-13-25)17(2)22(28)23-19-8-5-9-20(15-19)26(29)30/h3-9,15,17H,10-14H2,1-2H3,(H,23,28). The summed E-state index contributed by atoms with van der Waals surface area (Å²) >= 11 is 0. The number of nitro benzene ring substituents is 1. The zero-order valence-corrected chi connectivity index (χ0v) is 17.2. The van der Waals surface area contributed by atoms with Gasteiger partial charge in [0.1, 0.15) is 0 Å². The smallest absolute Gasteiger partial charge is 0.271 e. The Morgan fingerprint density at radius 1 is 1.10 bits per heavy atom. The summed E-state index contributed by atoms with van der Waals surface area (Å²) in [6, 6.07) is 13.4. The van der Waals surface area contributed by atoms with E-state index < -0.39 is 11.0 Å². The molecule has 30 heavy (non-hydrogen) atoms. The van der Waals surface area contributed by atoms with Gasteiger partial charge in [-0.25, -0.2) is 0 Å². The van der Waals surface area contributed by atoms with Gasteiger partial charge in [0, 0.05) is 44.0 Å². The van der Waals surface area contributed by atoms with Gasteiger partial charge in [-0.3, -0.25) is 24.6 Å². The number of carbonyl (C=O) groups excluding carboxylic acids is 2. The van der Waals surface area contributed by atoms with Gasteiger partial charge in [-0.15, -0.1) is 0 Å². The van der Waals surface area contributed by atoms with E-state index in [2.05, 4.69) is 5.32 Å². The van der Waals surface area contributed by atoms with Gasteiger partial charge in [-0.1, -0.05) is 30.3 Å². The van der Waals surface area contributed by atoms with Gasteiger partial charge in [0.05, 0.1) is 17.4 Å². The van der Waals surface area contributed by atoms with Crippen molar-refractivity contribution in [3.63, 3.8) is 0 Å². The van der Waals surface area contributed by atoms with Crippen molar-refractivity contribution in [3.05, 3.63) is 69.8 Å². The Bertz CT molecular complexity index is 938. The first-order valence-electron chi connectivity index (χ1n) is 9.97. The fourth-order valence-corrected chi connectivity index (χ4v) is 3.55. The number of hydrogen-bond donors (Lipinski definition) is 1. The van der Waals surface area contributed by atoms with Crippen LogP contribution in [0.15, 0.2) is 48.5 Å². The van der Waals surface area contributed by atoms with E-state index in [9.17, 15) is 19.7 Å². The van der Waals surface area contributed by atoms with Crippen LogP contribution in [0.2, 0.25) is 0 Å². The van der Waals surface area contributed by atoms with Gasteiger partial charge in [0.15, 0.2) is 0 Å². The van der Waals surface area contributed by atoms with Gasteiger partial charge in [-0.2, -0.15) is 0 Å². The van der Waals surface area contributed by atoms with Crippen LogP contribution in [0.4, 0.5) is 11.4 Å². The van der Waals surface area contributed by atoms with Crippen molar-refractivity contribution >= 4 is 23.2 Å². The van der Waals surface area contributed by atoms with Crippen LogP contribution in [0.1, 0.15) is 18.1 Å². The Hall–Kier alpha value is -3.26. The number of hydrogen-bond acceptors (Lipinski definition) is 5. The average Bonchev–Trinajstić information content (AvgIpc) is 2.75. The van der Waals surface area contributed by atoms with Gasteiger partial charge < -0.3 is 10.2 Å². The summed E-state index contributed by atoms with van der Waals surface area (Å²) in [6.45, 7) is 6.14. The second-order valence-corrected chi connectivity index (χ2v) is 7.49. The van der Waals surface area contributed by atoms with Crippen molar-refractivity contribution in [3.8, 4) is 0 Å². The van der Waals surface area contributed by atoms with E-state index in [1.165, 1.54) is 18.2 Å². The molecule has 0 saturated carbocycles. The Kier molecular flexibility index (Phi) is 6.79. The molecule has 2 amide bonds. The number of piperazine rings is 1. The minimum Gasteiger partial charge on any atom is -0.340 e. The summed E-state index contributed by atoms with van der Waals surface area (Å²) in [7, 11) is 0. The zero-order valence-electron chi connectivity index (χ0n) is 17.2. The SMILES string of the molecule is Cc1ccccc1CC(=O)N1CCN(C(C)C(=O)Nc2cccc([N+](=O)[O-])c2)CC1. The first-order valence-corrected chi connectivity index (χ1v) is 9.97. The van der Waals surface area contributed by atoms with Crippen molar-refractivity contribution < 1.29 is 14.5 Å². The van der Waals surface area contributed by atoms with E-state index in [-0.39, 0.29) is 17.5 Å². The highest BCUT2D eigenvalue weighted by molar-refractivity contribution is 5.94. The molecule has 1 atom stereocenters. The molecule has 1 saturated heterocycles. The zero-order chi connectivity index (χ0) is 21.7. The van der Waals surface area contributed by atoms with Crippen LogP contribution in [0.3, 0.4) is 0 Å². The number of nitrogens with one attached hydrogen (secondary N) is 1. The maximum absolute atomic E-state index is 12.6. The molecule has 1 fully saturated rings. The maximum atomic E-state index is 12.6. The maximum Gasteiger partial charge on any atom is 0.271 e. The molecule has 1 N–H and O–H groups in total. The molecule has 1 heterocycles. The van der Waals surface area contributed by atoms with Gasteiger partial charge in [0.25, 0.3) is 5.69 Å². The molecular weight excluding hydrogens is 384 g/mol. The van der Waals surface area contributed by atoms with E-state index in [0.717, 1.165) is 11.1 Å². The quantitative estimate of drug-likeness (QED) is 0.583. The molecule has 1 aliphatic heterocycles. The first kappa shape index (κ1) is 21.4. The summed E-state index contributed by atoms with van der Waals surface area (Å²) in [5.74, 6) is -0.132. The third-order valence-corrected chi connectivity index (χ3v) is 5.52. The Balaban J connectivity index is 1.52. The number of aryl methyl sites for hydroxylation is 1. The lowest BCUT2D eigenvalue weighted by Crippen LogP contribution is -2.54. The predicted octanol–water partition coefficient (Wildman–Crippen LogP) is 2.62. The third-order valence-electron chi connectivity index (χ3n) is 5.52. The number of anilines is 1. The summed E-state index contributed by atoms with van der Waals surface area (Å²) in [5, 5.41) is 13.6. The van der Waals surface area contributed by atoms with Crippen LogP contribution < -0.4 is 5.32 Å². The third kappa shape index (κ3) is 5.21. The number of non-ortho nitro benzene ring substituents is 1. The largest absolute Gasteiger partial charge is 0.340 e. The molecule has 2 aromatic rings. The molecule has 158 valence electrons. The van der Waals surface area contributed by atoms with Crippen LogP contribution in [0.5, 0.6) is 0 Å². The molecule has 0 aromatic heterocycles. The molecule has 0 aliphatic carbocycles. The molecule has 8 heteroatoms. The molecule has 0 radical (unpaired) electrons. The number of carbonyl (C=O) groups is 2. The fourth-order valence-electron chi connectivity index (χ4n) is 3.55. The summed E-state index contributed by atoms with van der Waals surface area (Å²) in [6.07, 6.45) is 0.384. The number of nitrogens with zero attached hydrogens (tertiary/aromatic N) is 3. The molecule has 2 aromatic carbocycles. The highest BCUT2D eigenvalue weighted by Crippen LogP contribution is 2.18. The molecule has 3 rings (SSSR count). The topological polar surface area (TPSA) is 95.8 Å². The van der Waals surface area contributed by atoms with Crippen LogP contribution in [-0.4, -0.2) is 58.8 Å². The summed E-state index contributed by atoms with van der Waals surface area (Å²) in [5.41, 5.74) is 2.47. The minimum absolute atomic E-state index is 0.0683. The van der Waals surface area contributed by atoms with Crippen molar-refractivity contribution in [1.82, 2.24) is 9.80 Å². The van der Waals surface area contributed by atoms with Crippen molar-refractivity contribution in [2.75, 3.05) is 31.5 Å². The van der Waals surface area contributed by atoms with E-state index in [1.807, 2.05) is 41.0 Å². The summed E-state index contributed by atoms with van der Waals surface area (Å²) in [4.78, 5) is 39.5. The van der Waals surface area contributed by atoms with Crippen LogP contribution in [0.25, 0.3) is 0 Å². The van der Waals surface area contributed by atoms with Crippen LogP contribution >= 0.6 is 0 Å². The first-order chi connectivity index (χ1) is 14.3. The molecule has 0 bridgehead atoms. The fraction of sp³-hybridized carbons (Fsp3) is 0.364. The van der Waals surface area contributed by atoms with Gasteiger partial charge >= 0.3 is 0 Å². The molecular formula is C22H26N4O4. The number of rotatable bonds is 6. The second kappa shape index (κ2) is 9.49. The lowest BCUT2D eigenvalue weighted by atomic mass is 10.0. The normalized spacial score (nSPS) is 15.5. The van der Waals surface area contributed by atoms with Crippen molar-refractivity contribution in [2.24, 2.45) is 0 Å². The summed E-state index contributed by atoms with van der Waals surface area (Å²) < 4.78 is 0. The van der Waals surface area contributed by atoms with Gasteiger partial charge in [-0.05, 0) is 31.0 Å². The van der Waals surface area contributed by atoms with Crippen LogP contribution in [-0.2, 0) is 16.0 Å². The number of nitro groups is 1. The predicted molar refractivity (Wildman–Crippen MR) is 114 cm³/mol. The van der Waals surface area contributed by atoms with Crippen molar-refractivity contribution in [2.45, 2.75) is 26.3 Å².